The van der Waals surface area contributed by atoms with Crippen molar-refractivity contribution in [3.63, 3.8) is 0 Å². The van der Waals surface area contributed by atoms with Crippen molar-refractivity contribution >= 4 is 11.1 Å². The van der Waals surface area contributed by atoms with E-state index in [-0.39, 0.29) is 0 Å². The van der Waals surface area contributed by atoms with E-state index in [1.165, 1.54) is 5.41 Å². The van der Waals surface area contributed by atoms with Crippen molar-refractivity contribution in [2.24, 2.45) is 0 Å². The van der Waals surface area contributed by atoms with Gasteiger partial charge in [0.25, 0.3) is 0 Å². The quantitative estimate of drug-likeness (QED) is 0.550. The average molecular weight is 161 g/mol. The zero-order valence-corrected chi connectivity index (χ0v) is 6.49. The van der Waals surface area contributed by atoms with Crippen molar-refractivity contribution in [2.75, 3.05) is 13.1 Å². The van der Waals surface area contributed by atoms with Gasteiger partial charge in [-0.25, -0.2) is 4.21 Å². The molecule has 1 aliphatic rings. The molecular formula is C6H11NO2S. The Morgan fingerprint density at radius 3 is 2.60 bits per heavy atom. The second kappa shape index (κ2) is 3.85. The number of rotatable bonds is 1. The Balaban J connectivity index is 2.45. The molecule has 1 fully saturated rings. The van der Waals surface area contributed by atoms with Gasteiger partial charge in [0, 0.05) is 5.41 Å². The second-order valence-electron chi connectivity index (χ2n) is 2.30. The molecule has 2 N–H and O–H groups in total. The van der Waals surface area contributed by atoms with Crippen LogP contribution >= 0.6 is 0 Å². The summed E-state index contributed by atoms with van der Waals surface area (Å²) < 4.78 is 18.8. The van der Waals surface area contributed by atoms with Crippen LogP contribution in [0.1, 0.15) is 12.8 Å². The molecule has 10 heavy (non-hydrogen) atoms. The Labute approximate surface area is 62.8 Å². The normalized spacial score (nSPS) is 22.3. The van der Waals surface area contributed by atoms with E-state index in [0.717, 1.165) is 31.5 Å². The second-order valence-corrected chi connectivity index (χ2v) is 3.09. The standard InChI is InChI=1S/C6H11NO2S/c8-10(9)5-6-1-3-7-4-2-6/h5,7H,1-4H2,(H,8,9). The summed E-state index contributed by atoms with van der Waals surface area (Å²) in [4.78, 5) is 0. The monoisotopic (exact) mass is 161 g/mol. The minimum absolute atomic E-state index is 0.909. The summed E-state index contributed by atoms with van der Waals surface area (Å²) in [7, 11) is 0. The summed E-state index contributed by atoms with van der Waals surface area (Å²) >= 11 is -1.75. The molecule has 1 saturated heterocycles. The van der Waals surface area contributed by atoms with Crippen LogP contribution in [0.25, 0.3) is 0 Å². The third kappa shape index (κ3) is 2.60. The van der Waals surface area contributed by atoms with Crippen LogP contribution < -0.4 is 5.32 Å². The molecule has 4 heteroatoms. The van der Waals surface area contributed by atoms with E-state index in [2.05, 4.69) is 5.32 Å². The molecular weight excluding hydrogens is 150 g/mol. The summed E-state index contributed by atoms with van der Waals surface area (Å²) in [6, 6.07) is 0. The summed E-state index contributed by atoms with van der Waals surface area (Å²) in [5, 5.41) is 4.60. The van der Waals surface area contributed by atoms with Gasteiger partial charge in [0.15, 0.2) is 11.1 Å². The lowest BCUT2D eigenvalue weighted by Gasteiger charge is -2.13. The minimum Gasteiger partial charge on any atom is -0.316 e. The molecule has 0 bridgehead atoms. The number of hydrogen-bond acceptors (Lipinski definition) is 2. The fourth-order valence-electron chi connectivity index (χ4n) is 1.01. The van der Waals surface area contributed by atoms with Crippen LogP contribution in [0.2, 0.25) is 0 Å². The minimum atomic E-state index is -1.75. The first kappa shape index (κ1) is 7.91. The molecule has 1 aliphatic heterocycles. The van der Waals surface area contributed by atoms with Gasteiger partial charge in [-0.3, -0.25) is 0 Å². The van der Waals surface area contributed by atoms with E-state index >= 15 is 0 Å². The zero-order valence-electron chi connectivity index (χ0n) is 5.67. The summed E-state index contributed by atoms with van der Waals surface area (Å²) in [5.41, 5.74) is 1.10. The Morgan fingerprint density at radius 2 is 2.10 bits per heavy atom. The fourth-order valence-corrected chi connectivity index (χ4v) is 1.53. The fraction of sp³-hybridized carbons (Fsp3) is 0.667. The van der Waals surface area contributed by atoms with Gasteiger partial charge in [0.1, 0.15) is 0 Å². The van der Waals surface area contributed by atoms with E-state index in [1.54, 1.807) is 0 Å². The Kier molecular flexibility index (Phi) is 3.05. The molecule has 0 amide bonds. The molecule has 1 rings (SSSR count). The van der Waals surface area contributed by atoms with Crippen molar-refractivity contribution in [3.05, 3.63) is 11.0 Å². The molecule has 1 unspecified atom stereocenters. The smallest absolute Gasteiger partial charge is 0.178 e. The number of hydrogen-bond donors (Lipinski definition) is 2. The van der Waals surface area contributed by atoms with E-state index in [1.807, 2.05) is 0 Å². The molecule has 0 radical (unpaired) electrons. The predicted molar refractivity (Wildman–Crippen MR) is 41.0 cm³/mol. The van der Waals surface area contributed by atoms with E-state index in [0.29, 0.717) is 0 Å². The summed E-state index contributed by atoms with van der Waals surface area (Å²) in [6.07, 6.45) is 1.82. The maximum absolute atomic E-state index is 10.3. The SMILES string of the molecule is O=S(O)C=C1CCNCC1. The number of piperidine rings is 1. The molecule has 58 valence electrons. The van der Waals surface area contributed by atoms with Gasteiger partial charge in [-0.15, -0.1) is 0 Å². The zero-order chi connectivity index (χ0) is 7.40. The lowest BCUT2D eigenvalue weighted by Crippen LogP contribution is -2.23. The lowest BCUT2D eigenvalue weighted by molar-refractivity contribution is 0.571. The molecule has 1 atom stereocenters. The summed E-state index contributed by atoms with van der Waals surface area (Å²) in [5.74, 6) is 0. The highest BCUT2D eigenvalue weighted by Crippen LogP contribution is 2.09. The van der Waals surface area contributed by atoms with Crippen LogP contribution in [0.3, 0.4) is 0 Å². The van der Waals surface area contributed by atoms with Crippen LogP contribution in [0.4, 0.5) is 0 Å². The van der Waals surface area contributed by atoms with Gasteiger partial charge in [-0.2, -0.15) is 0 Å². The van der Waals surface area contributed by atoms with E-state index in [9.17, 15) is 4.21 Å². The molecule has 0 aromatic carbocycles. The van der Waals surface area contributed by atoms with Crippen LogP contribution in [-0.4, -0.2) is 21.9 Å². The molecule has 0 aromatic rings. The Morgan fingerprint density at radius 1 is 1.50 bits per heavy atom. The maximum Gasteiger partial charge on any atom is 0.178 e. The van der Waals surface area contributed by atoms with Gasteiger partial charge >= 0.3 is 0 Å². The molecule has 3 nitrogen and oxygen atoms in total. The van der Waals surface area contributed by atoms with Gasteiger partial charge < -0.3 is 9.87 Å². The predicted octanol–water partition coefficient (Wildman–Crippen LogP) is 0.475. The van der Waals surface area contributed by atoms with Gasteiger partial charge in [0.05, 0.1) is 0 Å². The van der Waals surface area contributed by atoms with Crippen molar-refractivity contribution in [2.45, 2.75) is 12.8 Å². The van der Waals surface area contributed by atoms with Crippen LogP contribution in [0.15, 0.2) is 11.0 Å². The third-order valence-electron chi connectivity index (χ3n) is 1.51. The van der Waals surface area contributed by atoms with Gasteiger partial charge in [0.2, 0.25) is 0 Å². The highest BCUT2D eigenvalue weighted by molar-refractivity contribution is 7.82. The molecule has 0 aliphatic carbocycles. The van der Waals surface area contributed by atoms with Crippen molar-refractivity contribution < 1.29 is 8.76 Å². The first-order valence-electron chi connectivity index (χ1n) is 3.29. The third-order valence-corrected chi connectivity index (χ3v) is 2.05. The highest BCUT2D eigenvalue weighted by atomic mass is 32.2. The first-order chi connectivity index (χ1) is 4.79. The van der Waals surface area contributed by atoms with Crippen molar-refractivity contribution in [3.8, 4) is 0 Å². The Bertz CT molecular complexity index is 159. The molecule has 0 aromatic heterocycles. The van der Waals surface area contributed by atoms with Crippen molar-refractivity contribution in [1.29, 1.82) is 0 Å². The first-order valence-corrected chi connectivity index (χ1v) is 4.46. The van der Waals surface area contributed by atoms with Crippen LogP contribution in [0.5, 0.6) is 0 Å². The average Bonchev–Trinajstić information content (AvgIpc) is 1.88. The molecule has 0 spiro atoms. The van der Waals surface area contributed by atoms with Gasteiger partial charge in [-0.1, -0.05) is 5.57 Å². The Hall–Kier alpha value is -0.190. The highest BCUT2D eigenvalue weighted by Gasteiger charge is 2.04. The molecule has 1 heterocycles. The molecule has 0 saturated carbocycles. The van der Waals surface area contributed by atoms with E-state index < -0.39 is 11.1 Å². The number of nitrogens with one attached hydrogen (secondary N) is 1. The van der Waals surface area contributed by atoms with Crippen LogP contribution in [-0.2, 0) is 11.1 Å². The summed E-state index contributed by atoms with van der Waals surface area (Å²) in [6.45, 7) is 1.87. The largest absolute Gasteiger partial charge is 0.316 e. The maximum atomic E-state index is 10.3. The van der Waals surface area contributed by atoms with Crippen molar-refractivity contribution in [1.82, 2.24) is 5.32 Å². The van der Waals surface area contributed by atoms with Crippen LogP contribution in [0, 0.1) is 0 Å². The van der Waals surface area contributed by atoms with Gasteiger partial charge in [-0.05, 0) is 25.9 Å². The topological polar surface area (TPSA) is 49.3 Å². The lowest BCUT2D eigenvalue weighted by atomic mass is 10.1. The van der Waals surface area contributed by atoms with E-state index in [4.69, 9.17) is 4.55 Å².